The molecule has 0 aliphatic carbocycles. The molecule has 0 aromatic heterocycles. The Hall–Kier alpha value is -1.02. The minimum absolute atomic E-state index is 0.180. The van der Waals surface area contributed by atoms with Crippen LogP contribution in [0.1, 0.15) is 32.8 Å². The van der Waals surface area contributed by atoms with Crippen LogP contribution in [0.15, 0.2) is 24.3 Å². The van der Waals surface area contributed by atoms with Crippen LogP contribution in [-0.2, 0) is 6.42 Å². The first-order valence-corrected chi connectivity index (χ1v) is 6.70. The second-order valence-corrected chi connectivity index (χ2v) is 5.57. The van der Waals surface area contributed by atoms with E-state index < -0.39 is 0 Å². The molecular formula is C15H24N2. The maximum absolute atomic E-state index is 3.56. The van der Waals surface area contributed by atoms with Gasteiger partial charge in [0.25, 0.3) is 0 Å². The van der Waals surface area contributed by atoms with Gasteiger partial charge in [0.2, 0.25) is 0 Å². The summed E-state index contributed by atoms with van der Waals surface area (Å²) in [7, 11) is 0. The van der Waals surface area contributed by atoms with E-state index in [1.165, 1.54) is 30.6 Å². The van der Waals surface area contributed by atoms with Crippen molar-refractivity contribution in [2.24, 2.45) is 0 Å². The molecule has 0 saturated heterocycles. The van der Waals surface area contributed by atoms with Gasteiger partial charge in [-0.05, 0) is 44.9 Å². The normalized spacial score (nSPS) is 15.8. The molecule has 0 amide bonds. The highest BCUT2D eigenvalue weighted by molar-refractivity contribution is 5.55. The predicted octanol–water partition coefficient (Wildman–Crippen LogP) is 2.83. The molecule has 1 aromatic rings. The first-order valence-electron chi connectivity index (χ1n) is 6.70. The van der Waals surface area contributed by atoms with Gasteiger partial charge in [-0.1, -0.05) is 25.1 Å². The van der Waals surface area contributed by atoms with Crippen LogP contribution in [0.3, 0.4) is 0 Å². The maximum Gasteiger partial charge on any atom is 0.0399 e. The van der Waals surface area contributed by atoms with E-state index in [4.69, 9.17) is 0 Å². The Morgan fingerprint density at radius 3 is 2.82 bits per heavy atom. The summed E-state index contributed by atoms with van der Waals surface area (Å²) >= 11 is 0. The molecule has 0 saturated carbocycles. The van der Waals surface area contributed by atoms with Crippen molar-refractivity contribution in [3.05, 3.63) is 29.8 Å². The topological polar surface area (TPSA) is 15.3 Å². The third-order valence-electron chi connectivity index (χ3n) is 3.45. The second kappa shape index (κ2) is 5.09. The quantitative estimate of drug-likeness (QED) is 0.858. The van der Waals surface area contributed by atoms with Gasteiger partial charge in [-0.25, -0.2) is 0 Å². The average Bonchev–Trinajstić information content (AvgIpc) is 2.29. The number of benzene rings is 1. The van der Waals surface area contributed by atoms with E-state index in [-0.39, 0.29) is 5.54 Å². The van der Waals surface area contributed by atoms with Crippen molar-refractivity contribution in [1.82, 2.24) is 5.32 Å². The van der Waals surface area contributed by atoms with Crippen molar-refractivity contribution in [3.8, 4) is 0 Å². The Bertz CT molecular complexity index is 371. The fraction of sp³-hybridized carbons (Fsp3) is 0.600. The molecule has 94 valence electrons. The highest BCUT2D eigenvalue weighted by Gasteiger charge is 2.23. The maximum atomic E-state index is 3.56. The molecule has 2 nitrogen and oxygen atoms in total. The number of anilines is 1. The van der Waals surface area contributed by atoms with Gasteiger partial charge < -0.3 is 10.2 Å². The molecule has 0 bridgehead atoms. The molecule has 1 aromatic carbocycles. The second-order valence-electron chi connectivity index (χ2n) is 5.57. The molecular weight excluding hydrogens is 208 g/mol. The highest BCUT2D eigenvalue weighted by atomic mass is 15.2. The van der Waals surface area contributed by atoms with Gasteiger partial charge in [-0.3, -0.25) is 0 Å². The van der Waals surface area contributed by atoms with Crippen LogP contribution in [0.5, 0.6) is 0 Å². The van der Waals surface area contributed by atoms with Crippen LogP contribution >= 0.6 is 0 Å². The Morgan fingerprint density at radius 2 is 2.06 bits per heavy atom. The SMILES string of the molecule is CCNC(C)(C)CN1CCCc2ccccc21. The lowest BCUT2D eigenvalue weighted by Gasteiger charge is -2.38. The van der Waals surface area contributed by atoms with E-state index in [1.807, 2.05) is 0 Å². The summed E-state index contributed by atoms with van der Waals surface area (Å²) < 4.78 is 0. The third kappa shape index (κ3) is 3.01. The summed E-state index contributed by atoms with van der Waals surface area (Å²) in [5.74, 6) is 0. The Labute approximate surface area is 105 Å². The van der Waals surface area contributed by atoms with Crippen molar-refractivity contribution in [1.29, 1.82) is 0 Å². The molecule has 1 aliphatic rings. The van der Waals surface area contributed by atoms with Crippen LogP contribution in [0.4, 0.5) is 5.69 Å². The Balaban J connectivity index is 2.13. The number of para-hydroxylation sites is 1. The summed E-state index contributed by atoms with van der Waals surface area (Å²) in [5.41, 5.74) is 3.12. The molecule has 2 heteroatoms. The largest absolute Gasteiger partial charge is 0.369 e. The van der Waals surface area contributed by atoms with E-state index in [9.17, 15) is 0 Å². The van der Waals surface area contributed by atoms with E-state index in [0.29, 0.717) is 0 Å². The molecule has 0 atom stereocenters. The van der Waals surface area contributed by atoms with E-state index in [0.717, 1.165) is 13.1 Å². The zero-order chi connectivity index (χ0) is 12.3. The van der Waals surface area contributed by atoms with E-state index in [1.54, 1.807) is 0 Å². The number of nitrogens with zero attached hydrogens (tertiary/aromatic N) is 1. The monoisotopic (exact) mass is 232 g/mol. The summed E-state index contributed by atoms with van der Waals surface area (Å²) in [6.45, 7) is 10.0. The fourth-order valence-electron chi connectivity index (χ4n) is 2.79. The molecule has 0 fully saturated rings. The molecule has 0 unspecified atom stereocenters. The average molecular weight is 232 g/mol. The van der Waals surface area contributed by atoms with Gasteiger partial charge in [0, 0.05) is 24.3 Å². The van der Waals surface area contributed by atoms with Gasteiger partial charge in [-0.2, -0.15) is 0 Å². The molecule has 2 rings (SSSR count). The number of aryl methyl sites for hydroxylation is 1. The number of fused-ring (bicyclic) bond motifs is 1. The van der Waals surface area contributed by atoms with Crippen molar-refractivity contribution >= 4 is 5.69 Å². The summed E-state index contributed by atoms with van der Waals surface area (Å²) in [6, 6.07) is 8.83. The lowest BCUT2D eigenvalue weighted by molar-refractivity contribution is 0.393. The van der Waals surface area contributed by atoms with Gasteiger partial charge in [0.1, 0.15) is 0 Å². The zero-order valence-electron chi connectivity index (χ0n) is 11.3. The van der Waals surface area contributed by atoms with Crippen LogP contribution in [0, 0.1) is 0 Å². The number of nitrogens with one attached hydrogen (secondary N) is 1. The number of likely N-dealkylation sites (N-methyl/N-ethyl adjacent to an activating group) is 1. The van der Waals surface area contributed by atoms with E-state index >= 15 is 0 Å². The van der Waals surface area contributed by atoms with Crippen molar-refractivity contribution in [3.63, 3.8) is 0 Å². The zero-order valence-corrected chi connectivity index (χ0v) is 11.3. The first-order chi connectivity index (χ1) is 8.12. The molecule has 1 aliphatic heterocycles. The summed E-state index contributed by atoms with van der Waals surface area (Å²) in [4.78, 5) is 2.53. The predicted molar refractivity (Wildman–Crippen MR) is 74.7 cm³/mol. The van der Waals surface area contributed by atoms with Crippen molar-refractivity contribution in [2.45, 2.75) is 39.2 Å². The smallest absolute Gasteiger partial charge is 0.0399 e. The molecule has 1 heterocycles. The molecule has 0 radical (unpaired) electrons. The summed E-state index contributed by atoms with van der Waals surface area (Å²) in [6.07, 6.45) is 2.51. The molecule has 0 spiro atoms. The van der Waals surface area contributed by atoms with Crippen LogP contribution in [0.25, 0.3) is 0 Å². The Morgan fingerprint density at radius 1 is 1.29 bits per heavy atom. The van der Waals surface area contributed by atoms with Crippen LogP contribution < -0.4 is 10.2 Å². The van der Waals surface area contributed by atoms with Crippen molar-refractivity contribution in [2.75, 3.05) is 24.5 Å². The minimum atomic E-state index is 0.180. The lowest BCUT2D eigenvalue weighted by Crippen LogP contribution is -2.50. The van der Waals surface area contributed by atoms with Crippen LogP contribution in [0.2, 0.25) is 0 Å². The van der Waals surface area contributed by atoms with Crippen molar-refractivity contribution < 1.29 is 0 Å². The van der Waals surface area contributed by atoms with Gasteiger partial charge in [-0.15, -0.1) is 0 Å². The highest BCUT2D eigenvalue weighted by Crippen LogP contribution is 2.27. The fourth-order valence-corrected chi connectivity index (χ4v) is 2.79. The lowest BCUT2D eigenvalue weighted by atomic mass is 9.98. The summed E-state index contributed by atoms with van der Waals surface area (Å²) in [5, 5.41) is 3.56. The van der Waals surface area contributed by atoms with Gasteiger partial charge in [0.15, 0.2) is 0 Å². The van der Waals surface area contributed by atoms with Crippen LogP contribution in [-0.4, -0.2) is 25.2 Å². The third-order valence-corrected chi connectivity index (χ3v) is 3.45. The molecule has 1 N–H and O–H groups in total. The Kier molecular flexibility index (Phi) is 3.72. The number of rotatable bonds is 4. The molecule has 17 heavy (non-hydrogen) atoms. The number of hydrogen-bond acceptors (Lipinski definition) is 2. The van der Waals surface area contributed by atoms with Gasteiger partial charge >= 0.3 is 0 Å². The first kappa shape index (κ1) is 12.4. The van der Waals surface area contributed by atoms with Gasteiger partial charge in [0.05, 0.1) is 0 Å². The standard InChI is InChI=1S/C15H24N2/c1-4-16-15(2,3)12-17-11-7-9-13-8-5-6-10-14(13)17/h5-6,8,10,16H,4,7,9,11-12H2,1-3H3. The number of hydrogen-bond donors (Lipinski definition) is 1. The minimum Gasteiger partial charge on any atom is -0.369 e. The van der Waals surface area contributed by atoms with E-state index in [2.05, 4.69) is 55.3 Å².